The van der Waals surface area contributed by atoms with Gasteiger partial charge in [-0.05, 0) is 87.1 Å². The van der Waals surface area contributed by atoms with E-state index in [1.54, 1.807) is 48.5 Å². The lowest BCUT2D eigenvalue weighted by molar-refractivity contribution is -0.139. The Morgan fingerprint density at radius 2 is 0.402 bits per heavy atom. The van der Waals surface area contributed by atoms with Gasteiger partial charge in [0.25, 0.3) is 20.2 Å². The van der Waals surface area contributed by atoms with Crippen molar-refractivity contribution < 1.29 is 98.4 Å². The van der Waals surface area contributed by atoms with Crippen LogP contribution in [-0.2, 0) is 40.3 Å². The van der Waals surface area contributed by atoms with Crippen LogP contribution in [-0.4, -0.2) is 114 Å². The molecule has 0 fully saturated rings. The highest BCUT2D eigenvalue weighted by Crippen LogP contribution is 2.22. The number of halogens is 6. The predicted octanol–water partition coefficient (Wildman–Crippen LogP) is 30.0. The third-order valence-electron chi connectivity index (χ3n) is 20.8. The molecule has 122 heavy (non-hydrogen) atoms. The quantitative estimate of drug-likeness (QED) is 0.0155. The van der Waals surface area contributed by atoms with Crippen molar-refractivity contribution in [2.24, 2.45) is 0 Å². The van der Waals surface area contributed by atoms with E-state index in [9.17, 15) is 69.6 Å². The summed E-state index contributed by atoms with van der Waals surface area (Å²) in [5.41, 5.74) is 0.576. The molecule has 0 aliphatic heterocycles. The summed E-state index contributed by atoms with van der Waals surface area (Å²) in [6.07, 6.45) is 68.9. The summed E-state index contributed by atoms with van der Waals surface area (Å²) in [4.78, 5) is 21.1. The smallest absolute Gasteiger partial charge is 0.470 e. The average Bonchev–Trinajstić information content (AvgIpc) is 0.914. The molecule has 0 spiro atoms. The second kappa shape index (κ2) is 87.9. The van der Waals surface area contributed by atoms with Crippen molar-refractivity contribution in [1.29, 1.82) is 0 Å². The van der Waals surface area contributed by atoms with E-state index in [-0.39, 0.29) is 35.5 Å². The number of aromatic carboxylic acids is 2. The SMILES string of the molecule is CCCCCCCCCCCCCCCCCCS(=O)(=O)NC(F)(F)F.CCCCCCCCCCCCCCCCCCS(=O)(=O)O.CCCCCCCCCCCCCCCCS(=O)(=O)NC(F)(F)F.CCCCCCCCCCCCCCCCS(=O)(=O)O.CCCCCOc1ccc(C(=O)O)cc1.CCCCCOc1ccc(C(=O)O)cc1. The van der Waals surface area contributed by atoms with Crippen LogP contribution in [0.1, 0.15) is 486 Å². The van der Waals surface area contributed by atoms with Crippen LogP contribution in [0.5, 0.6) is 11.5 Å². The third-order valence-corrected chi connectivity index (χ3v) is 25.2. The van der Waals surface area contributed by atoms with Crippen molar-refractivity contribution in [3.8, 4) is 11.5 Å². The maximum atomic E-state index is 12.0. The van der Waals surface area contributed by atoms with E-state index in [0.717, 1.165) is 106 Å². The molecule has 0 unspecified atom stereocenters. The molecule has 0 saturated heterocycles. The molecule has 0 saturated carbocycles. The summed E-state index contributed by atoms with van der Waals surface area (Å²) in [7, 11) is -15.9. The predicted molar refractivity (Wildman–Crippen MR) is 495 cm³/mol. The molecule has 6 N–H and O–H groups in total. The highest BCUT2D eigenvalue weighted by Gasteiger charge is 2.34. The average molecular weight is 1830 g/mol. The minimum absolute atomic E-state index is 0.0779. The van der Waals surface area contributed by atoms with Crippen LogP contribution in [0.25, 0.3) is 0 Å². The monoisotopic (exact) mass is 1830 g/mol. The van der Waals surface area contributed by atoms with Crippen LogP contribution in [0.3, 0.4) is 0 Å². The lowest BCUT2D eigenvalue weighted by Crippen LogP contribution is -2.38. The molecule has 0 heterocycles. The van der Waals surface area contributed by atoms with Crippen LogP contribution in [0.4, 0.5) is 26.3 Å². The Morgan fingerprint density at radius 1 is 0.254 bits per heavy atom. The van der Waals surface area contributed by atoms with Crippen LogP contribution >= 0.6 is 0 Å². The Bertz CT molecular complexity index is 3000. The van der Waals surface area contributed by atoms with Crippen LogP contribution in [0, 0.1) is 0 Å². The first-order valence-corrected chi connectivity index (χ1v) is 54.6. The summed E-state index contributed by atoms with van der Waals surface area (Å²) >= 11 is 0. The van der Waals surface area contributed by atoms with Gasteiger partial charge in [0.2, 0.25) is 20.0 Å². The number of nitrogens with one attached hydrogen (secondary N) is 2. The van der Waals surface area contributed by atoms with Crippen LogP contribution in [0.2, 0.25) is 0 Å². The number of hydrogen-bond acceptors (Lipinski definition) is 12. The van der Waals surface area contributed by atoms with Crippen molar-refractivity contribution in [2.75, 3.05) is 36.2 Å². The molecule has 0 aliphatic carbocycles. The van der Waals surface area contributed by atoms with Gasteiger partial charge in [-0.25, -0.2) is 26.4 Å². The molecule has 0 aliphatic rings. The second-order valence-electron chi connectivity index (χ2n) is 33.0. The first-order valence-electron chi connectivity index (χ1n) is 48.1. The van der Waals surface area contributed by atoms with Gasteiger partial charge >= 0.3 is 24.5 Å². The lowest BCUT2D eigenvalue weighted by atomic mass is 10.0. The van der Waals surface area contributed by atoms with Gasteiger partial charge in [-0.1, -0.05) is 427 Å². The molecular weight excluding hydrogens is 1660 g/mol. The zero-order valence-electron chi connectivity index (χ0n) is 77.1. The minimum Gasteiger partial charge on any atom is -0.494 e. The molecule has 2 aromatic carbocycles. The van der Waals surface area contributed by atoms with E-state index in [4.69, 9.17) is 28.8 Å². The third kappa shape index (κ3) is 107. The molecule has 724 valence electrons. The minimum atomic E-state index is -4.87. The fourth-order valence-corrected chi connectivity index (χ4v) is 16.8. The summed E-state index contributed by atoms with van der Waals surface area (Å²) in [6.45, 7) is 14.6. The topological polar surface area (TPSA) is 294 Å². The Balaban J connectivity index is -0.000000691. The zero-order valence-corrected chi connectivity index (χ0v) is 80.4. The largest absolute Gasteiger partial charge is 0.494 e. The van der Waals surface area contributed by atoms with Gasteiger partial charge in [0, 0.05) is 0 Å². The number of rotatable bonds is 78. The van der Waals surface area contributed by atoms with E-state index < -0.39 is 76.3 Å². The van der Waals surface area contributed by atoms with Crippen molar-refractivity contribution in [3.05, 3.63) is 59.7 Å². The molecule has 0 atom stereocenters. The maximum Gasteiger partial charge on any atom is 0.470 e. The van der Waals surface area contributed by atoms with Crippen molar-refractivity contribution in [2.45, 2.75) is 478 Å². The van der Waals surface area contributed by atoms with Crippen LogP contribution < -0.4 is 18.9 Å². The first-order chi connectivity index (χ1) is 58.1. The molecule has 18 nitrogen and oxygen atoms in total. The number of ether oxygens (including phenoxy) is 2. The van der Waals surface area contributed by atoms with Gasteiger partial charge in [-0.3, -0.25) is 9.11 Å². The number of carboxylic acids is 2. The van der Waals surface area contributed by atoms with Gasteiger partial charge in [-0.15, -0.1) is 9.44 Å². The molecule has 0 amide bonds. The van der Waals surface area contributed by atoms with Gasteiger partial charge in [0.1, 0.15) is 11.5 Å². The number of unbranched alkanes of at least 4 members (excludes halogenated alkanes) is 60. The van der Waals surface area contributed by atoms with E-state index in [0.29, 0.717) is 43.6 Å². The van der Waals surface area contributed by atoms with Crippen molar-refractivity contribution >= 4 is 52.2 Å². The van der Waals surface area contributed by atoms with Gasteiger partial charge < -0.3 is 19.7 Å². The highest BCUT2D eigenvalue weighted by molar-refractivity contribution is 7.89. The van der Waals surface area contributed by atoms with E-state index >= 15 is 0 Å². The Labute approximate surface area is 740 Å². The maximum absolute atomic E-state index is 12.0. The number of hydrogen-bond donors (Lipinski definition) is 6. The number of alkyl halides is 6. The fraction of sp³-hybridized carbons (Fsp3) is 0.851. The zero-order chi connectivity index (χ0) is 91.9. The number of carbonyl (C=O) groups is 2. The summed E-state index contributed by atoms with van der Waals surface area (Å²) < 4.78 is 188. The van der Waals surface area contributed by atoms with Gasteiger partial charge in [0.05, 0.1) is 47.4 Å². The summed E-state index contributed by atoms with van der Waals surface area (Å²) in [5.74, 6) is -1.42. The molecule has 2 aromatic rings. The first kappa shape index (κ1) is 124. The molecule has 0 bridgehead atoms. The normalized spacial score (nSPS) is 11.7. The molecule has 28 heteroatoms. The number of benzene rings is 2. The second-order valence-corrected chi connectivity index (χ2v) is 39.8. The van der Waals surface area contributed by atoms with E-state index in [1.165, 1.54) is 295 Å². The number of sulfonamides is 2. The van der Waals surface area contributed by atoms with Crippen molar-refractivity contribution in [1.82, 2.24) is 9.44 Å². The molecule has 0 aromatic heterocycles. The van der Waals surface area contributed by atoms with Crippen LogP contribution in [0.15, 0.2) is 48.5 Å². The molecular formula is C94H176F6N2O16S4. The summed E-state index contributed by atoms with van der Waals surface area (Å²) in [6, 6.07) is 13.0. The van der Waals surface area contributed by atoms with Gasteiger partial charge in [0.15, 0.2) is 0 Å². The van der Waals surface area contributed by atoms with E-state index in [2.05, 4.69) is 41.5 Å². The number of carboxylic acid groups (broad SMARTS) is 2. The molecule has 2 rings (SSSR count). The standard InChI is InChI=1S/C19H38F3NO2S.C18H38O3S.C17H34F3NO2S.C16H34O3S.2C12H16O3/c1-2-3-4-5-6-7-8-9-10-11-12-13-14-15-16-17-18-26(24,25)23-19(20,21)22;1-2-3-4-5-6-7-8-9-10-11-12-13-14-15-16-17-18-22(19,20)21;1-2-3-4-5-6-7-8-9-10-11-12-13-14-15-16-24(22,23)21-17(18,19)20;1-2-3-4-5-6-7-8-9-10-11-12-13-14-15-16-20(17,18)19;2*1-2-3-4-9-15-11-7-5-10(6-8-11)12(13)14/h23H,2-18H2,1H3;2-18H2,1H3,(H,19,20,21);21H,2-16H2,1H3;2-16H2,1H3,(H,17,18,19);2*5-8H,2-4,9H2,1H3,(H,13,14). The van der Waals surface area contributed by atoms with Gasteiger partial charge in [-0.2, -0.15) is 43.2 Å². The fourth-order valence-electron chi connectivity index (χ4n) is 13.6. The van der Waals surface area contributed by atoms with Crippen molar-refractivity contribution in [3.63, 3.8) is 0 Å². The molecule has 0 radical (unpaired) electrons. The Morgan fingerprint density at radius 3 is 0.549 bits per heavy atom. The Hall–Kier alpha value is -3.80. The van der Waals surface area contributed by atoms with E-state index in [1.807, 2.05) is 0 Å². The summed E-state index contributed by atoms with van der Waals surface area (Å²) in [5, 5.41) is 17.4. The Kier molecular flexibility index (Phi) is 89.7. The highest BCUT2D eigenvalue weighted by atomic mass is 32.2. The lowest BCUT2D eigenvalue weighted by Gasteiger charge is -2.09.